The van der Waals surface area contributed by atoms with Crippen LogP contribution < -0.4 is 10.0 Å². The Morgan fingerprint density at radius 2 is 1.63 bits per heavy atom. The summed E-state index contributed by atoms with van der Waals surface area (Å²) in [5, 5.41) is 4.73. The van der Waals surface area contributed by atoms with Gasteiger partial charge in [-0.15, -0.1) is 11.3 Å². The van der Waals surface area contributed by atoms with Crippen LogP contribution in [0.15, 0.2) is 70.9 Å². The van der Waals surface area contributed by atoms with Crippen molar-refractivity contribution in [2.45, 2.75) is 24.0 Å². The summed E-state index contributed by atoms with van der Waals surface area (Å²) in [4.78, 5) is 12.8. The van der Waals surface area contributed by atoms with E-state index in [1.807, 2.05) is 17.5 Å². The van der Waals surface area contributed by atoms with Crippen molar-refractivity contribution in [3.63, 3.8) is 0 Å². The summed E-state index contributed by atoms with van der Waals surface area (Å²) in [6.45, 7) is 0.446. The fourth-order valence-corrected chi connectivity index (χ4v) is 4.28. The number of thiophene rings is 1. The number of sulfonamides is 1. The molecule has 0 bridgehead atoms. The van der Waals surface area contributed by atoms with Crippen LogP contribution in [-0.2, 0) is 34.0 Å². The molecule has 0 aliphatic heterocycles. The average Bonchev–Trinajstić information content (AvgIpc) is 3.21. The Morgan fingerprint density at radius 1 is 0.967 bits per heavy atom. The number of anilines is 1. The molecular weight excluding hydrogens is 437 g/mol. The Morgan fingerprint density at radius 3 is 2.20 bits per heavy atom. The summed E-state index contributed by atoms with van der Waals surface area (Å²) in [6, 6.07) is 13.2. The molecule has 30 heavy (non-hydrogen) atoms. The van der Waals surface area contributed by atoms with E-state index < -0.39 is 21.8 Å². The molecule has 0 unspecified atom stereocenters. The number of nitrogens with one attached hydrogen (secondary N) is 2. The van der Waals surface area contributed by atoms with Gasteiger partial charge in [-0.1, -0.05) is 18.2 Å². The van der Waals surface area contributed by atoms with Gasteiger partial charge in [0.25, 0.3) is 10.0 Å². The lowest BCUT2D eigenvalue weighted by Gasteiger charge is -2.11. The monoisotopic (exact) mass is 454 g/mol. The standard InChI is InChI=1S/C20H17F3N2O3S2/c21-20(22,23)15-5-9-18(10-6-15)30(27,28)25-16-7-3-14(4-8-16)12-19(26)24-13-17-2-1-11-29-17/h1-11,25H,12-13H2,(H,24,26). The van der Waals surface area contributed by atoms with Crippen LogP contribution in [-0.4, -0.2) is 14.3 Å². The third kappa shape index (κ3) is 5.83. The highest BCUT2D eigenvalue weighted by molar-refractivity contribution is 7.92. The van der Waals surface area contributed by atoms with Crippen molar-refractivity contribution in [2.75, 3.05) is 4.72 Å². The second-order valence-electron chi connectivity index (χ2n) is 6.36. The lowest BCUT2D eigenvalue weighted by atomic mass is 10.1. The minimum Gasteiger partial charge on any atom is -0.351 e. The zero-order valence-electron chi connectivity index (χ0n) is 15.4. The van der Waals surface area contributed by atoms with Gasteiger partial charge in [0.15, 0.2) is 0 Å². The predicted molar refractivity (Wildman–Crippen MR) is 109 cm³/mol. The Labute approximate surface area is 175 Å². The maximum Gasteiger partial charge on any atom is 0.416 e. The third-order valence-corrected chi connectivity index (χ3v) is 6.38. The van der Waals surface area contributed by atoms with Crippen LogP contribution in [0.3, 0.4) is 0 Å². The molecule has 0 saturated heterocycles. The summed E-state index contributed by atoms with van der Waals surface area (Å²) in [5.74, 6) is -0.165. The smallest absolute Gasteiger partial charge is 0.351 e. The number of rotatable bonds is 7. The van der Waals surface area contributed by atoms with Gasteiger partial charge in [-0.3, -0.25) is 9.52 Å². The van der Waals surface area contributed by atoms with E-state index in [0.29, 0.717) is 24.2 Å². The fourth-order valence-electron chi connectivity index (χ4n) is 2.57. The summed E-state index contributed by atoms with van der Waals surface area (Å²) in [6.07, 6.45) is -4.40. The molecule has 1 amide bonds. The van der Waals surface area contributed by atoms with Crippen molar-refractivity contribution < 1.29 is 26.4 Å². The molecule has 2 N–H and O–H groups in total. The molecule has 10 heteroatoms. The number of amides is 1. The number of carbonyl (C=O) groups excluding carboxylic acids is 1. The predicted octanol–water partition coefficient (Wildman–Crippen LogP) is 4.43. The van der Waals surface area contributed by atoms with Crippen molar-refractivity contribution in [1.82, 2.24) is 5.32 Å². The topological polar surface area (TPSA) is 75.3 Å². The van der Waals surface area contributed by atoms with Crippen LogP contribution in [0.5, 0.6) is 0 Å². The normalized spacial score (nSPS) is 11.8. The van der Waals surface area contributed by atoms with Gasteiger partial charge in [-0.25, -0.2) is 8.42 Å². The van der Waals surface area contributed by atoms with Gasteiger partial charge >= 0.3 is 6.18 Å². The Balaban J connectivity index is 1.59. The molecule has 0 saturated carbocycles. The molecule has 0 aliphatic rings. The number of carbonyl (C=O) groups is 1. The Hall–Kier alpha value is -2.85. The van der Waals surface area contributed by atoms with Gasteiger partial charge < -0.3 is 5.32 Å². The average molecular weight is 454 g/mol. The third-order valence-electron chi connectivity index (χ3n) is 4.10. The van der Waals surface area contributed by atoms with Crippen molar-refractivity contribution in [1.29, 1.82) is 0 Å². The van der Waals surface area contributed by atoms with Gasteiger partial charge in [0.05, 0.1) is 23.4 Å². The molecule has 158 valence electrons. The van der Waals surface area contributed by atoms with Crippen LogP contribution in [0.4, 0.5) is 18.9 Å². The van der Waals surface area contributed by atoms with E-state index in [2.05, 4.69) is 10.0 Å². The molecule has 0 atom stereocenters. The number of halogens is 3. The largest absolute Gasteiger partial charge is 0.416 e. The van der Waals surface area contributed by atoms with Crippen LogP contribution >= 0.6 is 11.3 Å². The summed E-state index contributed by atoms with van der Waals surface area (Å²) in [7, 11) is -4.04. The van der Waals surface area contributed by atoms with Crippen LogP contribution in [0.25, 0.3) is 0 Å². The minimum absolute atomic E-state index is 0.136. The van der Waals surface area contributed by atoms with Gasteiger partial charge in [0.2, 0.25) is 5.91 Å². The molecule has 0 aliphatic carbocycles. The van der Waals surface area contributed by atoms with Crippen molar-refractivity contribution in [3.05, 3.63) is 82.0 Å². The highest BCUT2D eigenvalue weighted by atomic mass is 32.2. The van der Waals surface area contributed by atoms with E-state index in [0.717, 1.165) is 17.0 Å². The molecule has 1 aromatic heterocycles. The van der Waals surface area contributed by atoms with Crippen molar-refractivity contribution in [2.24, 2.45) is 0 Å². The van der Waals surface area contributed by atoms with E-state index in [1.165, 1.54) is 12.1 Å². The molecule has 0 radical (unpaired) electrons. The zero-order chi connectivity index (χ0) is 21.8. The fraction of sp³-hybridized carbons (Fsp3) is 0.150. The minimum atomic E-state index is -4.54. The van der Waals surface area contributed by atoms with Crippen LogP contribution in [0.1, 0.15) is 16.0 Å². The van der Waals surface area contributed by atoms with E-state index in [-0.39, 0.29) is 22.9 Å². The molecule has 5 nitrogen and oxygen atoms in total. The van der Waals surface area contributed by atoms with E-state index in [1.54, 1.807) is 23.5 Å². The van der Waals surface area contributed by atoms with Crippen molar-refractivity contribution in [3.8, 4) is 0 Å². The van der Waals surface area contributed by atoms with E-state index >= 15 is 0 Å². The second kappa shape index (κ2) is 8.88. The molecule has 3 rings (SSSR count). The molecule has 0 fully saturated rings. The maximum atomic E-state index is 12.6. The van der Waals surface area contributed by atoms with Gasteiger partial charge in [-0.05, 0) is 53.4 Å². The van der Waals surface area contributed by atoms with Crippen LogP contribution in [0.2, 0.25) is 0 Å². The van der Waals surface area contributed by atoms with Crippen molar-refractivity contribution >= 4 is 33.0 Å². The van der Waals surface area contributed by atoms with Gasteiger partial charge in [0.1, 0.15) is 0 Å². The lowest BCUT2D eigenvalue weighted by molar-refractivity contribution is -0.137. The zero-order valence-corrected chi connectivity index (χ0v) is 17.1. The Kier molecular flexibility index (Phi) is 6.47. The summed E-state index contributed by atoms with van der Waals surface area (Å²) >= 11 is 1.54. The molecular formula is C20H17F3N2O3S2. The highest BCUT2D eigenvalue weighted by Gasteiger charge is 2.30. The first-order valence-electron chi connectivity index (χ1n) is 8.71. The highest BCUT2D eigenvalue weighted by Crippen LogP contribution is 2.30. The number of hydrogen-bond acceptors (Lipinski definition) is 4. The SMILES string of the molecule is O=C(Cc1ccc(NS(=O)(=O)c2ccc(C(F)(F)F)cc2)cc1)NCc1cccs1. The quantitative estimate of drug-likeness (QED) is 0.555. The first-order valence-corrected chi connectivity index (χ1v) is 11.1. The van der Waals surface area contributed by atoms with E-state index in [9.17, 15) is 26.4 Å². The summed E-state index contributed by atoms with van der Waals surface area (Å²) in [5.41, 5.74) is -0.00282. The first-order chi connectivity index (χ1) is 14.1. The molecule has 3 aromatic rings. The summed E-state index contributed by atoms with van der Waals surface area (Å²) < 4.78 is 64.9. The number of alkyl halides is 3. The number of benzene rings is 2. The first kappa shape index (κ1) is 21.8. The van der Waals surface area contributed by atoms with Crippen LogP contribution in [0, 0.1) is 0 Å². The van der Waals surface area contributed by atoms with E-state index in [4.69, 9.17) is 0 Å². The lowest BCUT2D eigenvalue weighted by Crippen LogP contribution is -2.24. The number of hydrogen-bond donors (Lipinski definition) is 2. The Bertz CT molecular complexity index is 1090. The maximum absolute atomic E-state index is 12.6. The van der Waals surface area contributed by atoms with Gasteiger partial charge in [-0.2, -0.15) is 13.2 Å². The molecule has 0 spiro atoms. The molecule has 2 aromatic carbocycles. The molecule has 1 heterocycles. The van der Waals surface area contributed by atoms with Gasteiger partial charge in [0, 0.05) is 10.6 Å². The second-order valence-corrected chi connectivity index (χ2v) is 9.07.